The number of fused-ring (bicyclic) bond motifs is 1. The highest BCUT2D eigenvalue weighted by Crippen LogP contribution is 2.30. The Balaban J connectivity index is 2.17. The van der Waals surface area contributed by atoms with Gasteiger partial charge in [0, 0.05) is 34.0 Å². The number of hydrogen-bond acceptors (Lipinski definition) is 1. The Morgan fingerprint density at radius 3 is 2.72 bits per heavy atom. The highest BCUT2D eigenvalue weighted by atomic mass is 79.9. The number of hydrogen-bond donors (Lipinski definition) is 0. The molecule has 0 radical (unpaired) electrons. The second-order valence-corrected chi connectivity index (χ2v) is 5.52. The number of ketones is 1. The Hall–Kier alpha value is -1.09. The standard InChI is InChI=1S/C15H18BrNO/c1-11(18)7-5-6-10-17-12(2)15(16)13-8-3-4-9-14(13)17/h3-4,8-9H,5-7,10H2,1-2H3. The molecule has 0 aliphatic rings. The average molecular weight is 308 g/mol. The average Bonchev–Trinajstić information content (AvgIpc) is 2.59. The molecule has 1 aromatic heterocycles. The molecular weight excluding hydrogens is 290 g/mol. The molecule has 0 N–H and O–H groups in total. The topological polar surface area (TPSA) is 22.0 Å². The molecule has 0 aliphatic carbocycles. The number of halogens is 1. The molecule has 2 rings (SSSR count). The number of benzene rings is 1. The van der Waals surface area contributed by atoms with Crippen LogP contribution < -0.4 is 0 Å². The van der Waals surface area contributed by atoms with Gasteiger partial charge in [0.2, 0.25) is 0 Å². The van der Waals surface area contributed by atoms with Gasteiger partial charge >= 0.3 is 0 Å². The van der Waals surface area contributed by atoms with Gasteiger partial charge in [0.1, 0.15) is 5.78 Å². The molecule has 2 aromatic rings. The Bertz CT molecular complexity index is 571. The molecular formula is C15H18BrNO. The number of aryl methyl sites for hydroxylation is 1. The molecule has 0 amide bonds. The van der Waals surface area contributed by atoms with Crippen molar-refractivity contribution < 1.29 is 4.79 Å². The van der Waals surface area contributed by atoms with Gasteiger partial charge in [0.15, 0.2) is 0 Å². The summed E-state index contributed by atoms with van der Waals surface area (Å²) in [6.45, 7) is 4.77. The predicted molar refractivity (Wildman–Crippen MR) is 78.9 cm³/mol. The Morgan fingerprint density at radius 2 is 2.00 bits per heavy atom. The van der Waals surface area contributed by atoms with Crippen molar-refractivity contribution in [2.75, 3.05) is 0 Å². The fourth-order valence-electron chi connectivity index (χ4n) is 2.32. The van der Waals surface area contributed by atoms with Crippen molar-refractivity contribution in [3.8, 4) is 0 Å². The maximum Gasteiger partial charge on any atom is 0.129 e. The smallest absolute Gasteiger partial charge is 0.129 e. The van der Waals surface area contributed by atoms with Crippen molar-refractivity contribution in [3.63, 3.8) is 0 Å². The van der Waals surface area contributed by atoms with Crippen molar-refractivity contribution >= 4 is 32.6 Å². The molecule has 18 heavy (non-hydrogen) atoms. The van der Waals surface area contributed by atoms with Gasteiger partial charge in [-0.1, -0.05) is 18.2 Å². The second-order valence-electron chi connectivity index (χ2n) is 4.73. The fourth-order valence-corrected chi connectivity index (χ4v) is 2.87. The highest BCUT2D eigenvalue weighted by Gasteiger charge is 2.10. The Morgan fingerprint density at radius 1 is 1.28 bits per heavy atom. The van der Waals surface area contributed by atoms with Crippen LogP contribution in [0, 0.1) is 6.92 Å². The number of nitrogens with zero attached hydrogens (tertiary/aromatic N) is 1. The summed E-state index contributed by atoms with van der Waals surface area (Å²) in [7, 11) is 0. The number of aromatic nitrogens is 1. The Labute approximate surface area is 116 Å². The molecule has 0 aliphatic heterocycles. The first-order chi connectivity index (χ1) is 8.61. The number of Topliss-reactive ketones (excluding diaryl/α,β-unsaturated/α-hetero) is 1. The van der Waals surface area contributed by atoms with Crippen molar-refractivity contribution in [3.05, 3.63) is 34.4 Å². The molecule has 0 fully saturated rings. The summed E-state index contributed by atoms with van der Waals surface area (Å²) in [5.74, 6) is 0.283. The van der Waals surface area contributed by atoms with E-state index >= 15 is 0 Å². The molecule has 0 saturated heterocycles. The van der Waals surface area contributed by atoms with E-state index < -0.39 is 0 Å². The minimum atomic E-state index is 0.283. The van der Waals surface area contributed by atoms with Gasteiger partial charge in [-0.3, -0.25) is 0 Å². The van der Waals surface area contributed by atoms with Crippen LogP contribution in [0.4, 0.5) is 0 Å². The van der Waals surface area contributed by atoms with E-state index in [-0.39, 0.29) is 5.78 Å². The number of rotatable bonds is 5. The maximum atomic E-state index is 10.9. The quantitative estimate of drug-likeness (QED) is 0.747. The van der Waals surface area contributed by atoms with Crippen LogP contribution in [-0.4, -0.2) is 10.4 Å². The zero-order valence-electron chi connectivity index (χ0n) is 10.9. The third-order valence-corrected chi connectivity index (χ3v) is 4.32. The lowest BCUT2D eigenvalue weighted by Gasteiger charge is -2.07. The van der Waals surface area contributed by atoms with Gasteiger partial charge in [-0.15, -0.1) is 0 Å². The van der Waals surface area contributed by atoms with Crippen molar-refractivity contribution in [1.29, 1.82) is 0 Å². The van der Waals surface area contributed by atoms with Crippen LogP contribution in [0.15, 0.2) is 28.7 Å². The highest BCUT2D eigenvalue weighted by molar-refractivity contribution is 9.10. The van der Waals surface area contributed by atoms with E-state index in [1.807, 2.05) is 0 Å². The minimum Gasteiger partial charge on any atom is -0.344 e. The van der Waals surface area contributed by atoms with E-state index in [9.17, 15) is 4.79 Å². The fraction of sp³-hybridized carbons (Fsp3) is 0.400. The van der Waals surface area contributed by atoms with Gasteiger partial charge in [-0.05, 0) is 48.7 Å². The summed E-state index contributed by atoms with van der Waals surface area (Å²) in [5, 5.41) is 1.27. The van der Waals surface area contributed by atoms with Crippen LogP contribution in [0.2, 0.25) is 0 Å². The Kier molecular flexibility index (Phi) is 4.23. The van der Waals surface area contributed by atoms with Crippen molar-refractivity contribution in [2.24, 2.45) is 0 Å². The van der Waals surface area contributed by atoms with Gasteiger partial charge < -0.3 is 9.36 Å². The molecule has 0 bridgehead atoms. The maximum absolute atomic E-state index is 10.9. The third-order valence-electron chi connectivity index (χ3n) is 3.31. The lowest BCUT2D eigenvalue weighted by Crippen LogP contribution is -2.01. The minimum absolute atomic E-state index is 0.283. The predicted octanol–water partition coefficient (Wildman–Crippen LogP) is 4.47. The summed E-state index contributed by atoms with van der Waals surface area (Å²) in [5.41, 5.74) is 2.53. The number of carbonyl (C=O) groups is 1. The SMILES string of the molecule is CC(=O)CCCCn1c(C)c(Br)c2ccccc21. The van der Waals surface area contributed by atoms with Gasteiger partial charge in [-0.25, -0.2) is 0 Å². The third kappa shape index (κ3) is 2.66. The molecule has 0 unspecified atom stereocenters. The van der Waals surface area contributed by atoms with Gasteiger partial charge in [-0.2, -0.15) is 0 Å². The van der Waals surface area contributed by atoms with Crippen molar-refractivity contribution in [1.82, 2.24) is 4.57 Å². The molecule has 96 valence electrons. The van der Waals surface area contributed by atoms with E-state index in [1.165, 1.54) is 21.1 Å². The molecule has 3 heteroatoms. The van der Waals surface area contributed by atoms with Gasteiger partial charge in [0.05, 0.1) is 0 Å². The van der Waals surface area contributed by atoms with Crippen LogP contribution >= 0.6 is 15.9 Å². The van der Waals surface area contributed by atoms with E-state index in [0.717, 1.165) is 19.4 Å². The molecule has 1 heterocycles. The number of para-hydroxylation sites is 1. The monoisotopic (exact) mass is 307 g/mol. The van der Waals surface area contributed by atoms with E-state index in [0.29, 0.717) is 6.42 Å². The lowest BCUT2D eigenvalue weighted by atomic mass is 10.2. The zero-order chi connectivity index (χ0) is 13.1. The van der Waals surface area contributed by atoms with Crippen LogP contribution in [0.5, 0.6) is 0 Å². The molecule has 0 saturated carbocycles. The number of carbonyl (C=O) groups excluding carboxylic acids is 1. The summed E-state index contributed by atoms with van der Waals surface area (Å²) >= 11 is 3.66. The van der Waals surface area contributed by atoms with Crippen LogP contribution in [0.25, 0.3) is 10.9 Å². The molecule has 0 atom stereocenters. The summed E-state index contributed by atoms with van der Waals surface area (Å²) in [6, 6.07) is 8.42. The first-order valence-electron chi connectivity index (χ1n) is 6.34. The van der Waals surface area contributed by atoms with E-state index in [1.54, 1.807) is 6.92 Å². The van der Waals surface area contributed by atoms with E-state index in [4.69, 9.17) is 0 Å². The largest absolute Gasteiger partial charge is 0.344 e. The summed E-state index contributed by atoms with van der Waals surface area (Å²) in [6.07, 6.45) is 2.71. The van der Waals surface area contributed by atoms with Crippen molar-refractivity contribution in [2.45, 2.75) is 39.7 Å². The first kappa shape index (κ1) is 13.3. The second kappa shape index (κ2) is 5.70. The lowest BCUT2D eigenvalue weighted by molar-refractivity contribution is -0.117. The summed E-state index contributed by atoms with van der Waals surface area (Å²) < 4.78 is 3.52. The van der Waals surface area contributed by atoms with Crippen LogP contribution in [0.3, 0.4) is 0 Å². The van der Waals surface area contributed by atoms with E-state index in [2.05, 4.69) is 51.7 Å². The molecule has 1 aromatic carbocycles. The molecule has 0 spiro atoms. The van der Waals surface area contributed by atoms with Crippen LogP contribution in [-0.2, 0) is 11.3 Å². The first-order valence-corrected chi connectivity index (χ1v) is 7.13. The normalized spacial score (nSPS) is 11.1. The molecule has 2 nitrogen and oxygen atoms in total. The zero-order valence-corrected chi connectivity index (χ0v) is 12.5. The van der Waals surface area contributed by atoms with Crippen LogP contribution in [0.1, 0.15) is 31.9 Å². The number of unbranched alkanes of at least 4 members (excludes halogenated alkanes) is 1. The van der Waals surface area contributed by atoms with Gasteiger partial charge in [0.25, 0.3) is 0 Å². The summed E-state index contributed by atoms with van der Waals surface area (Å²) in [4.78, 5) is 10.9.